The first-order valence-corrected chi connectivity index (χ1v) is 6.36. The molecule has 0 aromatic carbocycles. The molecule has 84 valence electrons. The minimum absolute atomic E-state index is 0.230. The molecule has 0 atom stereocenters. The van der Waals surface area contributed by atoms with Crippen LogP contribution in [-0.4, -0.2) is 11.6 Å². The highest BCUT2D eigenvalue weighted by molar-refractivity contribution is 7.11. The van der Waals surface area contributed by atoms with Gasteiger partial charge in [0.15, 0.2) is 0 Å². The smallest absolute Gasteiger partial charge is 0.0957 e. The monoisotopic (exact) mass is 225 g/mol. The highest BCUT2D eigenvalue weighted by atomic mass is 32.1. The van der Waals surface area contributed by atoms with Crippen molar-refractivity contribution in [2.24, 2.45) is 5.41 Å². The lowest BCUT2D eigenvalue weighted by molar-refractivity contribution is 0.0617. The van der Waals surface area contributed by atoms with Crippen LogP contribution in [0, 0.1) is 5.41 Å². The normalized spacial score (nSPS) is 20.1. The number of fused-ring (bicyclic) bond motifs is 1. The number of ether oxygens (including phenoxy) is 1. The van der Waals surface area contributed by atoms with Crippen LogP contribution >= 0.6 is 11.3 Å². The van der Waals surface area contributed by atoms with E-state index >= 15 is 0 Å². The Balaban J connectivity index is 2.31. The van der Waals surface area contributed by atoms with Crippen LogP contribution in [0.5, 0.6) is 0 Å². The number of rotatable bonds is 1. The van der Waals surface area contributed by atoms with Gasteiger partial charge in [-0.2, -0.15) is 0 Å². The van der Waals surface area contributed by atoms with E-state index in [2.05, 4.69) is 27.7 Å². The third-order valence-corrected chi connectivity index (χ3v) is 4.03. The van der Waals surface area contributed by atoms with Crippen LogP contribution in [0.4, 0.5) is 0 Å². The van der Waals surface area contributed by atoms with E-state index in [1.807, 2.05) is 11.3 Å². The molecule has 0 spiro atoms. The molecule has 3 heteroatoms. The van der Waals surface area contributed by atoms with Crippen molar-refractivity contribution in [2.45, 2.75) is 46.6 Å². The summed E-state index contributed by atoms with van der Waals surface area (Å²) in [5.74, 6) is 0.532. The zero-order chi connectivity index (χ0) is 11.1. The van der Waals surface area contributed by atoms with Gasteiger partial charge in [-0.15, -0.1) is 11.3 Å². The Labute approximate surface area is 95.7 Å². The quantitative estimate of drug-likeness (QED) is 0.731. The van der Waals surface area contributed by atoms with Gasteiger partial charge in [-0.25, -0.2) is 4.98 Å². The van der Waals surface area contributed by atoms with Crippen LogP contribution in [0.25, 0.3) is 0 Å². The summed E-state index contributed by atoms with van der Waals surface area (Å²) in [7, 11) is 0. The van der Waals surface area contributed by atoms with Crippen LogP contribution in [0.2, 0.25) is 0 Å². The highest BCUT2D eigenvalue weighted by Crippen LogP contribution is 2.33. The molecule has 1 aliphatic rings. The number of nitrogens with zero attached hydrogens (tertiary/aromatic N) is 1. The molecule has 2 heterocycles. The zero-order valence-electron chi connectivity index (χ0n) is 9.96. The van der Waals surface area contributed by atoms with Gasteiger partial charge >= 0.3 is 0 Å². The average molecular weight is 225 g/mol. The number of aromatic nitrogens is 1. The standard InChI is InChI=1S/C12H19NOS/c1-8(2)11-13-9-5-12(3,4)7-14-6-10(9)15-11/h8H,5-7H2,1-4H3. The van der Waals surface area contributed by atoms with E-state index in [9.17, 15) is 0 Å². The average Bonchev–Trinajstić information content (AvgIpc) is 2.42. The number of hydrogen-bond donors (Lipinski definition) is 0. The van der Waals surface area contributed by atoms with Crippen LogP contribution in [0.15, 0.2) is 0 Å². The molecule has 0 radical (unpaired) electrons. The molecule has 1 aliphatic heterocycles. The Kier molecular flexibility index (Phi) is 2.86. The lowest BCUT2D eigenvalue weighted by Crippen LogP contribution is -2.20. The van der Waals surface area contributed by atoms with E-state index < -0.39 is 0 Å². The predicted octanol–water partition coefficient (Wildman–Crippen LogP) is 3.37. The maximum absolute atomic E-state index is 5.70. The van der Waals surface area contributed by atoms with Crippen molar-refractivity contribution in [2.75, 3.05) is 6.61 Å². The van der Waals surface area contributed by atoms with Crippen molar-refractivity contribution >= 4 is 11.3 Å². The van der Waals surface area contributed by atoms with Gasteiger partial charge in [-0.3, -0.25) is 0 Å². The second kappa shape index (κ2) is 3.87. The molecule has 0 fully saturated rings. The summed E-state index contributed by atoms with van der Waals surface area (Å²) in [6, 6.07) is 0. The largest absolute Gasteiger partial charge is 0.375 e. The summed E-state index contributed by atoms with van der Waals surface area (Å²) >= 11 is 1.82. The van der Waals surface area contributed by atoms with Crippen molar-refractivity contribution in [3.8, 4) is 0 Å². The van der Waals surface area contributed by atoms with Gasteiger partial charge < -0.3 is 4.74 Å². The lowest BCUT2D eigenvalue weighted by atomic mass is 9.89. The van der Waals surface area contributed by atoms with Gasteiger partial charge in [0.2, 0.25) is 0 Å². The molecule has 0 amide bonds. The van der Waals surface area contributed by atoms with Crippen molar-refractivity contribution in [3.05, 3.63) is 15.6 Å². The zero-order valence-corrected chi connectivity index (χ0v) is 10.8. The van der Waals surface area contributed by atoms with Crippen molar-refractivity contribution < 1.29 is 4.74 Å². The molecule has 0 aliphatic carbocycles. The topological polar surface area (TPSA) is 22.1 Å². The van der Waals surface area contributed by atoms with E-state index in [1.54, 1.807) is 0 Å². The Bertz CT molecular complexity index is 355. The molecule has 1 aromatic rings. The third-order valence-electron chi connectivity index (χ3n) is 2.66. The first-order chi connectivity index (χ1) is 6.98. The first kappa shape index (κ1) is 11.1. The number of thiazole rings is 1. The highest BCUT2D eigenvalue weighted by Gasteiger charge is 2.27. The summed E-state index contributed by atoms with van der Waals surface area (Å²) in [5, 5.41) is 1.25. The summed E-state index contributed by atoms with van der Waals surface area (Å²) in [6.45, 7) is 10.5. The molecule has 0 bridgehead atoms. The third kappa shape index (κ3) is 2.40. The van der Waals surface area contributed by atoms with E-state index in [0.29, 0.717) is 5.92 Å². The second-order valence-corrected chi connectivity index (χ2v) is 6.53. The summed E-state index contributed by atoms with van der Waals surface area (Å²) in [5.41, 5.74) is 1.50. The van der Waals surface area contributed by atoms with Crippen molar-refractivity contribution in [1.82, 2.24) is 4.98 Å². The number of hydrogen-bond acceptors (Lipinski definition) is 3. The van der Waals surface area contributed by atoms with Crippen molar-refractivity contribution in [3.63, 3.8) is 0 Å². The summed E-state index contributed by atoms with van der Waals surface area (Å²) in [6.07, 6.45) is 1.05. The molecule has 2 nitrogen and oxygen atoms in total. The van der Waals surface area contributed by atoms with Gasteiger partial charge in [0.05, 0.1) is 28.8 Å². The molecule has 0 N–H and O–H groups in total. The maximum Gasteiger partial charge on any atom is 0.0957 e. The molecule has 0 saturated carbocycles. The Morgan fingerprint density at radius 3 is 2.80 bits per heavy atom. The second-order valence-electron chi connectivity index (χ2n) is 5.41. The molecular formula is C12H19NOS. The SMILES string of the molecule is CC(C)c1nc2c(s1)COCC(C)(C)C2. The van der Waals surface area contributed by atoms with E-state index in [-0.39, 0.29) is 5.41 Å². The minimum Gasteiger partial charge on any atom is -0.375 e. The van der Waals surface area contributed by atoms with Crippen molar-refractivity contribution in [1.29, 1.82) is 0 Å². The Morgan fingerprint density at radius 2 is 2.13 bits per heavy atom. The molecule has 2 rings (SSSR count). The lowest BCUT2D eigenvalue weighted by Gasteiger charge is -2.20. The van der Waals surface area contributed by atoms with Crippen LogP contribution in [0.1, 0.15) is 49.2 Å². The molecule has 0 saturated heterocycles. The van der Waals surface area contributed by atoms with E-state index in [4.69, 9.17) is 9.72 Å². The Hall–Kier alpha value is -0.410. The summed E-state index contributed by atoms with van der Waals surface area (Å²) in [4.78, 5) is 6.08. The van der Waals surface area contributed by atoms with Crippen LogP contribution < -0.4 is 0 Å². The molecule has 1 aromatic heterocycles. The van der Waals surface area contributed by atoms with E-state index in [0.717, 1.165) is 19.6 Å². The van der Waals surface area contributed by atoms with E-state index in [1.165, 1.54) is 15.6 Å². The molecule has 0 unspecified atom stereocenters. The van der Waals surface area contributed by atoms with Gasteiger partial charge in [0.1, 0.15) is 0 Å². The van der Waals surface area contributed by atoms with Crippen LogP contribution in [-0.2, 0) is 17.8 Å². The fourth-order valence-corrected chi connectivity index (χ4v) is 2.85. The summed E-state index contributed by atoms with van der Waals surface area (Å²) < 4.78 is 5.70. The van der Waals surface area contributed by atoms with Gasteiger partial charge in [0, 0.05) is 5.92 Å². The maximum atomic E-state index is 5.70. The van der Waals surface area contributed by atoms with Gasteiger partial charge in [0.25, 0.3) is 0 Å². The fourth-order valence-electron chi connectivity index (χ4n) is 1.83. The van der Waals surface area contributed by atoms with Gasteiger partial charge in [-0.05, 0) is 11.8 Å². The molecule has 15 heavy (non-hydrogen) atoms. The fraction of sp³-hybridized carbons (Fsp3) is 0.750. The predicted molar refractivity (Wildman–Crippen MR) is 63.3 cm³/mol. The van der Waals surface area contributed by atoms with Gasteiger partial charge in [-0.1, -0.05) is 27.7 Å². The molecular weight excluding hydrogens is 206 g/mol. The minimum atomic E-state index is 0.230. The Morgan fingerprint density at radius 1 is 1.40 bits per heavy atom. The van der Waals surface area contributed by atoms with Crippen LogP contribution in [0.3, 0.4) is 0 Å². The first-order valence-electron chi connectivity index (χ1n) is 5.54.